The predicted octanol–water partition coefficient (Wildman–Crippen LogP) is -0.321. The van der Waals surface area contributed by atoms with E-state index in [-0.39, 0.29) is 35.9 Å². The molecule has 1 atom stereocenters. The van der Waals surface area contributed by atoms with Crippen molar-refractivity contribution < 1.29 is 22.7 Å². The fourth-order valence-electron chi connectivity index (χ4n) is 4.71. The van der Waals surface area contributed by atoms with Gasteiger partial charge in [0.2, 0.25) is 11.8 Å². The molecule has 0 radical (unpaired) electrons. The summed E-state index contributed by atoms with van der Waals surface area (Å²) in [5, 5.41) is 0. The molecule has 0 unspecified atom stereocenters. The highest BCUT2D eigenvalue weighted by molar-refractivity contribution is 7.91. The molecule has 1 aromatic carbocycles. The lowest BCUT2D eigenvalue weighted by Crippen LogP contribution is -2.54. The molecule has 3 saturated heterocycles. The topological polar surface area (TPSA) is 90.5 Å². The number of benzene rings is 1. The highest BCUT2D eigenvalue weighted by atomic mass is 32.2. The average Bonchev–Trinajstić information content (AvgIpc) is 3.19. The third kappa shape index (κ3) is 6.75. The molecule has 4 rings (SSSR count). The van der Waals surface area contributed by atoms with Crippen molar-refractivity contribution in [1.29, 1.82) is 0 Å². The van der Waals surface area contributed by atoms with Gasteiger partial charge in [0.25, 0.3) is 0 Å². The number of morpholine rings is 1. The van der Waals surface area contributed by atoms with Crippen LogP contribution in [0.15, 0.2) is 30.3 Å². The monoisotopic (exact) mass is 478 g/mol. The lowest BCUT2D eigenvalue weighted by Gasteiger charge is -2.37. The molecule has 33 heavy (non-hydrogen) atoms. The van der Waals surface area contributed by atoms with Crippen molar-refractivity contribution in [2.75, 3.05) is 77.1 Å². The van der Waals surface area contributed by atoms with Crippen LogP contribution in [-0.4, -0.2) is 123 Å². The van der Waals surface area contributed by atoms with E-state index in [2.05, 4.69) is 9.80 Å². The summed E-state index contributed by atoms with van der Waals surface area (Å²) in [7, 11) is -3.09. The molecule has 0 bridgehead atoms. The van der Waals surface area contributed by atoms with E-state index in [1.54, 1.807) is 4.90 Å². The summed E-state index contributed by atoms with van der Waals surface area (Å²) < 4.78 is 29.4. The van der Waals surface area contributed by atoms with E-state index < -0.39 is 9.84 Å². The number of sulfone groups is 1. The second-order valence-electron chi connectivity index (χ2n) is 9.11. The number of nitrogens with zero attached hydrogens (tertiary/aromatic N) is 4. The Hall–Kier alpha value is -2.01. The van der Waals surface area contributed by atoms with Crippen LogP contribution in [0.5, 0.6) is 0 Å². The van der Waals surface area contributed by atoms with Crippen LogP contribution in [0.3, 0.4) is 0 Å². The molecule has 0 spiro atoms. The molecule has 3 fully saturated rings. The standard InChI is InChI=1S/C23H34N4O5S/c28-22(26-11-13-32-14-12-26)17-24-7-9-25(10-8-24)18-23(29)27(16-20-4-2-1-3-5-20)21-6-15-33(30,31)19-21/h1-5,21H,6-19H2/t21-/m1/s1. The van der Waals surface area contributed by atoms with E-state index in [0.717, 1.165) is 18.7 Å². The first-order valence-corrected chi connectivity index (χ1v) is 13.6. The number of rotatable bonds is 7. The molecular formula is C23H34N4O5S. The van der Waals surface area contributed by atoms with E-state index in [1.807, 2.05) is 35.2 Å². The highest BCUT2D eigenvalue weighted by Gasteiger charge is 2.35. The van der Waals surface area contributed by atoms with Crippen molar-refractivity contribution in [1.82, 2.24) is 19.6 Å². The van der Waals surface area contributed by atoms with E-state index in [4.69, 9.17) is 4.74 Å². The highest BCUT2D eigenvalue weighted by Crippen LogP contribution is 2.21. The molecule has 10 heteroatoms. The second kappa shape index (κ2) is 10.9. The Morgan fingerprint density at radius 1 is 0.939 bits per heavy atom. The molecule has 0 aliphatic carbocycles. The molecule has 182 valence electrons. The second-order valence-corrected chi connectivity index (χ2v) is 11.3. The zero-order valence-electron chi connectivity index (χ0n) is 19.1. The van der Waals surface area contributed by atoms with Crippen LogP contribution in [0.2, 0.25) is 0 Å². The Labute approximate surface area is 196 Å². The summed E-state index contributed by atoms with van der Waals surface area (Å²) in [5.41, 5.74) is 1.00. The normalized spacial score (nSPS) is 24.0. The lowest BCUT2D eigenvalue weighted by molar-refractivity contribution is -0.138. The predicted molar refractivity (Wildman–Crippen MR) is 124 cm³/mol. The number of piperazine rings is 1. The SMILES string of the molecule is O=C(CN1CCN(CC(=O)N(Cc2ccccc2)[C@@H]2CCS(=O)(=O)C2)CC1)N1CCOCC1. The maximum Gasteiger partial charge on any atom is 0.237 e. The Balaban J connectivity index is 1.30. The van der Waals surface area contributed by atoms with Crippen LogP contribution >= 0.6 is 0 Å². The first kappa shape index (κ1) is 24.1. The van der Waals surface area contributed by atoms with Gasteiger partial charge in [0.15, 0.2) is 9.84 Å². The first-order chi connectivity index (χ1) is 15.9. The van der Waals surface area contributed by atoms with E-state index in [0.29, 0.717) is 58.9 Å². The fourth-order valence-corrected chi connectivity index (χ4v) is 6.44. The summed E-state index contributed by atoms with van der Waals surface area (Å²) in [6, 6.07) is 9.46. The van der Waals surface area contributed by atoms with Gasteiger partial charge in [-0.3, -0.25) is 19.4 Å². The van der Waals surface area contributed by atoms with Crippen LogP contribution in [-0.2, 0) is 30.7 Å². The molecule has 0 aromatic heterocycles. The van der Waals surface area contributed by atoms with Crippen molar-refractivity contribution in [3.8, 4) is 0 Å². The molecule has 0 N–H and O–H groups in total. The molecule has 0 saturated carbocycles. The summed E-state index contributed by atoms with van der Waals surface area (Å²) >= 11 is 0. The first-order valence-electron chi connectivity index (χ1n) is 11.7. The Kier molecular flexibility index (Phi) is 8.00. The smallest absolute Gasteiger partial charge is 0.237 e. The number of hydrogen-bond donors (Lipinski definition) is 0. The molecule has 3 aliphatic rings. The Bertz CT molecular complexity index is 912. The number of amides is 2. The largest absolute Gasteiger partial charge is 0.378 e. The van der Waals surface area contributed by atoms with Crippen molar-refractivity contribution in [2.24, 2.45) is 0 Å². The van der Waals surface area contributed by atoms with Crippen LogP contribution in [0, 0.1) is 0 Å². The van der Waals surface area contributed by atoms with E-state index >= 15 is 0 Å². The zero-order chi connectivity index (χ0) is 23.3. The van der Waals surface area contributed by atoms with Crippen LogP contribution in [0.4, 0.5) is 0 Å². The van der Waals surface area contributed by atoms with Gasteiger partial charge in [-0.1, -0.05) is 30.3 Å². The van der Waals surface area contributed by atoms with Gasteiger partial charge in [-0.2, -0.15) is 0 Å². The molecule has 9 nitrogen and oxygen atoms in total. The summed E-state index contributed by atoms with van der Waals surface area (Å²) in [6.45, 7) is 6.51. The summed E-state index contributed by atoms with van der Waals surface area (Å²) in [4.78, 5) is 33.6. The van der Waals surface area contributed by atoms with Gasteiger partial charge in [0, 0.05) is 51.9 Å². The van der Waals surface area contributed by atoms with Gasteiger partial charge in [-0.05, 0) is 12.0 Å². The minimum absolute atomic E-state index is 0.0289. The van der Waals surface area contributed by atoms with Crippen LogP contribution in [0.25, 0.3) is 0 Å². The van der Waals surface area contributed by atoms with Crippen molar-refractivity contribution in [3.63, 3.8) is 0 Å². The number of hydrogen-bond acceptors (Lipinski definition) is 7. The third-order valence-electron chi connectivity index (χ3n) is 6.71. The summed E-state index contributed by atoms with van der Waals surface area (Å²) in [5.74, 6) is 0.299. The average molecular weight is 479 g/mol. The van der Waals surface area contributed by atoms with Crippen molar-refractivity contribution in [2.45, 2.75) is 19.0 Å². The Morgan fingerprint density at radius 2 is 1.58 bits per heavy atom. The van der Waals surface area contributed by atoms with Gasteiger partial charge in [0.05, 0.1) is 37.8 Å². The molecular weight excluding hydrogens is 444 g/mol. The van der Waals surface area contributed by atoms with Crippen LogP contribution in [0.1, 0.15) is 12.0 Å². The van der Waals surface area contributed by atoms with Crippen molar-refractivity contribution >= 4 is 21.7 Å². The third-order valence-corrected chi connectivity index (χ3v) is 8.46. The molecule has 1 aromatic rings. The van der Waals surface area contributed by atoms with Gasteiger partial charge in [-0.25, -0.2) is 8.42 Å². The van der Waals surface area contributed by atoms with Gasteiger partial charge >= 0.3 is 0 Å². The molecule has 3 aliphatic heterocycles. The van der Waals surface area contributed by atoms with Gasteiger partial charge < -0.3 is 14.5 Å². The van der Waals surface area contributed by atoms with Crippen LogP contribution < -0.4 is 0 Å². The molecule has 2 amide bonds. The molecule has 3 heterocycles. The zero-order valence-corrected chi connectivity index (χ0v) is 19.9. The quantitative estimate of drug-likeness (QED) is 0.531. The minimum atomic E-state index is -3.09. The number of carbonyl (C=O) groups is 2. The minimum Gasteiger partial charge on any atom is -0.378 e. The Morgan fingerprint density at radius 3 is 2.18 bits per heavy atom. The van der Waals surface area contributed by atoms with E-state index in [1.165, 1.54) is 0 Å². The number of ether oxygens (including phenoxy) is 1. The van der Waals surface area contributed by atoms with Gasteiger partial charge in [0.1, 0.15) is 0 Å². The van der Waals surface area contributed by atoms with Crippen molar-refractivity contribution in [3.05, 3.63) is 35.9 Å². The van der Waals surface area contributed by atoms with E-state index in [9.17, 15) is 18.0 Å². The number of carbonyl (C=O) groups excluding carboxylic acids is 2. The summed E-state index contributed by atoms with van der Waals surface area (Å²) in [6.07, 6.45) is 0.498. The maximum atomic E-state index is 13.3. The van der Waals surface area contributed by atoms with Gasteiger partial charge in [-0.15, -0.1) is 0 Å². The lowest BCUT2D eigenvalue weighted by atomic mass is 10.1. The fraction of sp³-hybridized carbons (Fsp3) is 0.652. The maximum absolute atomic E-state index is 13.3.